The summed E-state index contributed by atoms with van der Waals surface area (Å²) in [6, 6.07) is 5.88. The van der Waals surface area contributed by atoms with Crippen molar-refractivity contribution in [3.05, 3.63) is 23.2 Å². The van der Waals surface area contributed by atoms with Gasteiger partial charge in [0.15, 0.2) is 11.0 Å². The fourth-order valence-electron chi connectivity index (χ4n) is 2.02. The molecule has 0 saturated carbocycles. The second-order valence-corrected chi connectivity index (χ2v) is 4.74. The first-order valence-electron chi connectivity index (χ1n) is 5.04. The maximum atomic E-state index is 6.10. The van der Waals surface area contributed by atoms with Crippen molar-refractivity contribution in [2.45, 2.75) is 13.0 Å². The third-order valence-electron chi connectivity index (χ3n) is 2.68. The van der Waals surface area contributed by atoms with Crippen LogP contribution in [0.15, 0.2) is 28.2 Å². The molecule has 5 heteroatoms. The molecule has 0 fully saturated rings. The zero-order valence-electron chi connectivity index (χ0n) is 8.61. The van der Waals surface area contributed by atoms with Gasteiger partial charge >= 0.3 is 0 Å². The molecule has 0 spiro atoms. The van der Waals surface area contributed by atoms with Gasteiger partial charge in [-0.05, 0) is 25.1 Å². The Morgan fingerprint density at radius 2 is 2.19 bits per heavy atom. The fraction of sp³-hybridized carbons (Fsp3) is 0.273. The highest BCUT2D eigenvalue weighted by molar-refractivity contribution is 6.85. The lowest BCUT2D eigenvalue weighted by Gasteiger charge is -2.25. The molecule has 2 heterocycles. The summed E-state index contributed by atoms with van der Waals surface area (Å²) in [6.07, 6.45) is 0. The van der Waals surface area contributed by atoms with E-state index in [1.807, 2.05) is 18.2 Å². The average molecular weight is 254 g/mol. The van der Waals surface area contributed by atoms with Crippen LogP contribution in [0.1, 0.15) is 6.92 Å². The predicted octanol–water partition coefficient (Wildman–Crippen LogP) is 3.23. The number of benzene rings is 1. The molecule has 1 aromatic rings. The molecule has 2 aliphatic rings. The van der Waals surface area contributed by atoms with E-state index >= 15 is 0 Å². The average Bonchev–Trinajstić information content (AvgIpc) is 2.60. The van der Waals surface area contributed by atoms with Crippen LogP contribution < -0.4 is 4.90 Å². The van der Waals surface area contributed by atoms with Crippen molar-refractivity contribution in [2.24, 2.45) is 9.98 Å². The third kappa shape index (κ3) is 1.43. The van der Waals surface area contributed by atoms with Crippen molar-refractivity contribution in [1.82, 2.24) is 0 Å². The summed E-state index contributed by atoms with van der Waals surface area (Å²) < 4.78 is 0. The van der Waals surface area contributed by atoms with Gasteiger partial charge < -0.3 is 4.90 Å². The molecule has 0 N–H and O–H groups in total. The van der Waals surface area contributed by atoms with E-state index in [0.29, 0.717) is 10.2 Å². The van der Waals surface area contributed by atoms with Gasteiger partial charge in [0.25, 0.3) is 0 Å². The van der Waals surface area contributed by atoms with Gasteiger partial charge in [-0.25, -0.2) is 4.99 Å². The summed E-state index contributed by atoms with van der Waals surface area (Å²) in [5, 5.41) is 1.11. The van der Waals surface area contributed by atoms with E-state index in [2.05, 4.69) is 21.8 Å². The molecule has 1 aromatic carbocycles. The highest BCUT2D eigenvalue weighted by atomic mass is 35.5. The molecule has 1 atom stereocenters. The minimum absolute atomic E-state index is 0.251. The number of anilines is 1. The lowest BCUT2D eigenvalue weighted by Crippen LogP contribution is -2.34. The van der Waals surface area contributed by atoms with Gasteiger partial charge in [-0.3, -0.25) is 4.99 Å². The first-order valence-corrected chi connectivity index (χ1v) is 5.80. The van der Waals surface area contributed by atoms with E-state index in [4.69, 9.17) is 23.2 Å². The quantitative estimate of drug-likeness (QED) is 0.698. The maximum absolute atomic E-state index is 6.10. The smallest absolute Gasteiger partial charge is 0.172 e. The maximum Gasteiger partial charge on any atom is 0.172 e. The van der Waals surface area contributed by atoms with Crippen LogP contribution in [0, 0.1) is 0 Å². The zero-order chi connectivity index (χ0) is 11.3. The largest absolute Gasteiger partial charge is 0.320 e. The van der Waals surface area contributed by atoms with Crippen LogP contribution in [0.25, 0.3) is 0 Å². The second-order valence-electron chi connectivity index (χ2n) is 3.95. The highest BCUT2D eigenvalue weighted by Gasteiger charge is 2.31. The normalized spacial score (nSPS) is 22.4. The number of rotatable bonds is 0. The van der Waals surface area contributed by atoms with Crippen LogP contribution in [0.5, 0.6) is 0 Å². The van der Waals surface area contributed by atoms with Gasteiger partial charge in [-0.15, -0.1) is 0 Å². The summed E-state index contributed by atoms with van der Waals surface area (Å²) in [5.41, 5.74) is 1.84. The molecule has 0 radical (unpaired) electrons. The molecule has 3 rings (SSSR count). The van der Waals surface area contributed by atoms with Gasteiger partial charge in [0.1, 0.15) is 0 Å². The number of hydrogen-bond donors (Lipinski definition) is 0. The number of hydrogen-bond acceptors (Lipinski definition) is 3. The Balaban J connectivity index is 2.18. The summed E-state index contributed by atoms with van der Waals surface area (Å²) in [5.74, 6) is 0.768. The van der Waals surface area contributed by atoms with E-state index in [1.54, 1.807) is 0 Å². The molecule has 0 amide bonds. The molecule has 16 heavy (non-hydrogen) atoms. The van der Waals surface area contributed by atoms with Crippen LogP contribution in [0.4, 0.5) is 11.4 Å². The van der Waals surface area contributed by atoms with E-state index < -0.39 is 0 Å². The minimum atomic E-state index is 0.251. The molecular formula is C11H9Cl2N3. The molecular weight excluding hydrogens is 245 g/mol. The van der Waals surface area contributed by atoms with Crippen LogP contribution in [-0.4, -0.2) is 23.6 Å². The number of amidine groups is 1. The lowest BCUT2D eigenvalue weighted by atomic mass is 10.2. The van der Waals surface area contributed by atoms with Crippen LogP contribution in [0.3, 0.4) is 0 Å². The van der Waals surface area contributed by atoms with Crippen molar-refractivity contribution in [2.75, 3.05) is 11.4 Å². The van der Waals surface area contributed by atoms with Crippen molar-refractivity contribution in [3.8, 4) is 0 Å². The van der Waals surface area contributed by atoms with Gasteiger partial charge in [0, 0.05) is 11.6 Å². The number of aliphatic imine (C=N–C) groups is 2. The summed E-state index contributed by atoms with van der Waals surface area (Å²) in [6.45, 7) is 2.90. The number of halogens is 2. The Kier molecular flexibility index (Phi) is 2.19. The van der Waals surface area contributed by atoms with E-state index in [1.165, 1.54) is 0 Å². The van der Waals surface area contributed by atoms with E-state index in [0.717, 1.165) is 23.8 Å². The molecule has 82 valence electrons. The van der Waals surface area contributed by atoms with Crippen molar-refractivity contribution < 1.29 is 0 Å². The zero-order valence-corrected chi connectivity index (χ0v) is 10.1. The number of fused-ring (bicyclic) bond motifs is 3. The SMILES string of the molecule is CC1CN2C(=N1)C(Cl)=Nc1cc(Cl)ccc12. The Hall–Kier alpha value is -1.06. The Bertz CT molecular complexity index is 522. The third-order valence-corrected chi connectivity index (χ3v) is 3.17. The molecule has 0 saturated heterocycles. The van der Waals surface area contributed by atoms with Gasteiger partial charge in [-0.1, -0.05) is 23.2 Å². The predicted molar refractivity (Wildman–Crippen MR) is 68.6 cm³/mol. The van der Waals surface area contributed by atoms with E-state index in [-0.39, 0.29) is 6.04 Å². The first-order chi connectivity index (χ1) is 7.65. The molecule has 2 aliphatic heterocycles. The van der Waals surface area contributed by atoms with Crippen LogP contribution in [0.2, 0.25) is 5.02 Å². The second kappa shape index (κ2) is 3.47. The van der Waals surface area contributed by atoms with Gasteiger partial charge in [0.2, 0.25) is 0 Å². The minimum Gasteiger partial charge on any atom is -0.320 e. The highest BCUT2D eigenvalue weighted by Crippen LogP contribution is 2.37. The topological polar surface area (TPSA) is 28.0 Å². The summed E-state index contributed by atoms with van der Waals surface area (Å²) in [7, 11) is 0. The molecule has 0 aliphatic carbocycles. The van der Waals surface area contributed by atoms with Gasteiger partial charge in [0.05, 0.1) is 17.4 Å². The monoisotopic (exact) mass is 253 g/mol. The molecule has 0 bridgehead atoms. The summed E-state index contributed by atoms with van der Waals surface area (Å²) >= 11 is 12.0. The lowest BCUT2D eigenvalue weighted by molar-refractivity contribution is 0.795. The van der Waals surface area contributed by atoms with Crippen LogP contribution >= 0.6 is 23.2 Å². The van der Waals surface area contributed by atoms with Crippen molar-refractivity contribution in [1.29, 1.82) is 0 Å². The summed E-state index contributed by atoms with van der Waals surface area (Å²) in [4.78, 5) is 10.9. The molecule has 3 nitrogen and oxygen atoms in total. The standard InChI is InChI=1S/C11H9Cl2N3/c1-6-5-16-9-3-2-7(12)4-8(9)15-10(13)11(16)14-6/h2-4,6H,5H2,1H3. The van der Waals surface area contributed by atoms with Crippen molar-refractivity contribution in [3.63, 3.8) is 0 Å². The fourth-order valence-corrected chi connectivity index (χ4v) is 2.43. The van der Waals surface area contributed by atoms with Gasteiger partial charge in [-0.2, -0.15) is 0 Å². The molecule has 0 aromatic heterocycles. The van der Waals surface area contributed by atoms with Crippen molar-refractivity contribution >= 4 is 45.6 Å². The number of nitrogens with zero attached hydrogens (tertiary/aromatic N) is 3. The first kappa shape index (κ1) is 10.1. The Labute approximate surface area is 103 Å². The Morgan fingerprint density at radius 3 is 3.00 bits per heavy atom. The van der Waals surface area contributed by atoms with E-state index in [9.17, 15) is 0 Å². The molecule has 1 unspecified atom stereocenters. The van der Waals surface area contributed by atoms with Crippen LogP contribution in [-0.2, 0) is 0 Å². The Morgan fingerprint density at radius 1 is 1.38 bits per heavy atom.